The van der Waals surface area contributed by atoms with Crippen LogP contribution in [0.15, 0.2) is 48.5 Å². The maximum atomic E-state index is 13.4. The Labute approximate surface area is 187 Å². The number of amides is 1. The molecule has 2 aromatic rings. The number of thioether (sulfide) groups is 1. The van der Waals surface area contributed by atoms with Crippen molar-refractivity contribution >= 4 is 35.2 Å². The summed E-state index contributed by atoms with van der Waals surface area (Å²) in [6, 6.07) is 10.1. The fraction of sp³-hybridized carbons (Fsp3) is 0.364. The lowest BCUT2D eigenvalue weighted by Crippen LogP contribution is -2.44. The second-order valence-corrected chi connectivity index (χ2v) is 9.06. The summed E-state index contributed by atoms with van der Waals surface area (Å²) in [6.45, 7) is 3.95. The molecule has 0 radical (unpaired) electrons. The third-order valence-corrected chi connectivity index (χ3v) is 6.32. The number of halogens is 4. The first-order valence-electron chi connectivity index (χ1n) is 9.62. The minimum Gasteiger partial charge on any atom is -0.464 e. The molecule has 1 fully saturated rings. The fourth-order valence-electron chi connectivity index (χ4n) is 3.17. The van der Waals surface area contributed by atoms with Crippen molar-refractivity contribution in [3.8, 4) is 0 Å². The first-order chi connectivity index (χ1) is 14.6. The van der Waals surface area contributed by atoms with Gasteiger partial charge in [0.2, 0.25) is 0 Å². The predicted molar refractivity (Wildman–Crippen MR) is 114 cm³/mol. The number of esters is 1. The Balaban J connectivity index is 1.99. The summed E-state index contributed by atoms with van der Waals surface area (Å²) in [5, 5.41) is -0.231. The monoisotopic (exact) mass is 471 g/mol. The topological polar surface area (TPSA) is 46.6 Å². The second-order valence-electron chi connectivity index (χ2n) is 7.54. The summed E-state index contributed by atoms with van der Waals surface area (Å²) >= 11 is 7.64. The Morgan fingerprint density at radius 3 is 2.55 bits per heavy atom. The average molecular weight is 472 g/mol. The van der Waals surface area contributed by atoms with Gasteiger partial charge in [0.25, 0.3) is 5.91 Å². The van der Waals surface area contributed by atoms with Crippen molar-refractivity contribution in [2.24, 2.45) is 5.92 Å². The molecule has 3 rings (SSSR count). The van der Waals surface area contributed by atoms with Gasteiger partial charge >= 0.3 is 12.1 Å². The van der Waals surface area contributed by atoms with E-state index in [0.717, 1.165) is 12.1 Å². The van der Waals surface area contributed by atoms with E-state index in [9.17, 15) is 22.8 Å². The van der Waals surface area contributed by atoms with Crippen molar-refractivity contribution in [2.75, 3.05) is 12.4 Å². The maximum Gasteiger partial charge on any atom is 0.416 e. The molecule has 0 aromatic heterocycles. The third kappa shape index (κ3) is 5.36. The van der Waals surface area contributed by atoms with Gasteiger partial charge in [0.15, 0.2) is 0 Å². The molecule has 31 heavy (non-hydrogen) atoms. The van der Waals surface area contributed by atoms with Crippen LogP contribution in [0.1, 0.15) is 40.7 Å². The average Bonchev–Trinajstić information content (AvgIpc) is 3.16. The van der Waals surface area contributed by atoms with E-state index in [2.05, 4.69) is 0 Å². The van der Waals surface area contributed by atoms with Crippen molar-refractivity contribution in [3.05, 3.63) is 70.2 Å². The molecule has 1 amide bonds. The Hall–Kier alpha value is -2.19. The van der Waals surface area contributed by atoms with E-state index >= 15 is 0 Å². The molecule has 1 heterocycles. The van der Waals surface area contributed by atoms with Crippen LogP contribution in [0.4, 0.5) is 13.2 Å². The Morgan fingerprint density at radius 2 is 1.90 bits per heavy atom. The number of rotatable bonds is 5. The minimum atomic E-state index is -4.59. The van der Waals surface area contributed by atoms with Crippen molar-refractivity contribution < 1.29 is 27.5 Å². The summed E-state index contributed by atoms with van der Waals surface area (Å²) in [7, 11) is 0. The van der Waals surface area contributed by atoms with Crippen LogP contribution < -0.4 is 0 Å². The molecule has 166 valence electrons. The summed E-state index contributed by atoms with van der Waals surface area (Å²) in [5.74, 6) is -0.925. The quantitative estimate of drug-likeness (QED) is 0.516. The third-order valence-electron chi connectivity index (χ3n) is 4.67. The van der Waals surface area contributed by atoms with Crippen molar-refractivity contribution in [1.82, 2.24) is 4.90 Å². The van der Waals surface area contributed by atoms with Crippen molar-refractivity contribution in [3.63, 3.8) is 0 Å². The van der Waals surface area contributed by atoms with Crippen LogP contribution >= 0.6 is 23.4 Å². The van der Waals surface area contributed by atoms with Crippen LogP contribution in [0, 0.1) is 5.92 Å². The van der Waals surface area contributed by atoms with E-state index in [4.69, 9.17) is 16.3 Å². The van der Waals surface area contributed by atoms with E-state index in [1.807, 2.05) is 13.8 Å². The lowest BCUT2D eigenvalue weighted by Gasteiger charge is -2.29. The predicted octanol–water partition coefficient (Wildman–Crippen LogP) is 5.81. The lowest BCUT2D eigenvalue weighted by atomic mass is 10.1. The number of benzene rings is 2. The first-order valence-corrected chi connectivity index (χ1v) is 11.0. The molecule has 0 saturated carbocycles. The van der Waals surface area contributed by atoms with Crippen molar-refractivity contribution in [1.29, 1.82) is 0 Å². The molecule has 9 heteroatoms. The molecule has 0 spiro atoms. The van der Waals surface area contributed by atoms with Crippen LogP contribution in [0.3, 0.4) is 0 Å². The van der Waals surface area contributed by atoms with Crippen molar-refractivity contribution in [2.45, 2.75) is 31.4 Å². The zero-order chi connectivity index (χ0) is 22.8. The fourth-order valence-corrected chi connectivity index (χ4v) is 4.93. The van der Waals surface area contributed by atoms with Gasteiger partial charge in [0.05, 0.1) is 12.2 Å². The number of carbonyl (C=O) groups excluding carboxylic acids is 2. The molecule has 1 aliphatic rings. The molecule has 2 aromatic carbocycles. The largest absolute Gasteiger partial charge is 0.464 e. The van der Waals surface area contributed by atoms with E-state index in [-0.39, 0.29) is 23.8 Å². The van der Waals surface area contributed by atoms with Crippen LogP contribution in [0.2, 0.25) is 5.02 Å². The molecule has 2 atom stereocenters. The van der Waals surface area contributed by atoms with Gasteiger partial charge in [-0.25, -0.2) is 4.79 Å². The Morgan fingerprint density at radius 1 is 1.19 bits per heavy atom. The van der Waals surface area contributed by atoms with Gasteiger partial charge in [0, 0.05) is 21.9 Å². The number of hydrogen-bond acceptors (Lipinski definition) is 4. The number of hydrogen-bond donors (Lipinski definition) is 0. The highest BCUT2D eigenvalue weighted by molar-refractivity contribution is 7.99. The Bertz CT molecular complexity index is 967. The van der Waals surface area contributed by atoms with Gasteiger partial charge in [-0.15, -0.1) is 11.8 Å². The number of alkyl halides is 3. The van der Waals surface area contributed by atoms with Crippen LogP contribution in [0.5, 0.6) is 0 Å². The molecular formula is C22H21ClF3NO3S. The second kappa shape index (κ2) is 9.53. The molecule has 1 saturated heterocycles. The number of ether oxygens (including phenoxy) is 1. The Kier molecular flexibility index (Phi) is 7.21. The SMILES string of the molecule is CC(C)COC(=O)C1CSC(c2ccccc2Cl)N1C(=O)c1cccc(C(F)(F)F)c1. The molecule has 2 unspecified atom stereocenters. The smallest absolute Gasteiger partial charge is 0.416 e. The summed E-state index contributed by atoms with van der Waals surface area (Å²) in [4.78, 5) is 27.4. The van der Waals surface area contributed by atoms with Crippen LogP contribution in [-0.2, 0) is 15.7 Å². The molecule has 0 aliphatic carbocycles. The highest BCUT2D eigenvalue weighted by Crippen LogP contribution is 2.45. The van der Waals surface area contributed by atoms with Gasteiger partial charge in [-0.1, -0.05) is 49.7 Å². The van der Waals surface area contributed by atoms with E-state index in [0.29, 0.717) is 10.6 Å². The summed E-state index contributed by atoms with van der Waals surface area (Å²) in [5.41, 5.74) is -0.483. The number of nitrogens with zero attached hydrogens (tertiary/aromatic N) is 1. The normalized spacial score (nSPS) is 19.0. The first kappa shape index (κ1) is 23.5. The zero-order valence-electron chi connectivity index (χ0n) is 16.9. The van der Waals surface area contributed by atoms with Crippen LogP contribution in [-0.4, -0.2) is 35.2 Å². The highest BCUT2D eigenvalue weighted by Gasteiger charge is 2.44. The minimum absolute atomic E-state index is 0.102. The van der Waals surface area contributed by atoms with Crippen LogP contribution in [0.25, 0.3) is 0 Å². The lowest BCUT2D eigenvalue weighted by molar-refractivity contribution is -0.149. The zero-order valence-corrected chi connectivity index (χ0v) is 18.4. The van der Waals surface area contributed by atoms with E-state index in [1.54, 1.807) is 24.3 Å². The van der Waals surface area contributed by atoms with Gasteiger partial charge in [-0.3, -0.25) is 4.79 Å². The van der Waals surface area contributed by atoms with E-state index in [1.165, 1.54) is 28.8 Å². The van der Waals surface area contributed by atoms with Gasteiger partial charge in [0.1, 0.15) is 11.4 Å². The number of carbonyl (C=O) groups is 2. The summed E-state index contributed by atoms with van der Waals surface area (Å²) in [6.07, 6.45) is -4.59. The maximum absolute atomic E-state index is 13.4. The summed E-state index contributed by atoms with van der Waals surface area (Å²) < 4.78 is 44.8. The molecule has 0 bridgehead atoms. The van der Waals surface area contributed by atoms with E-state index < -0.39 is 35.0 Å². The molecular weight excluding hydrogens is 451 g/mol. The van der Waals surface area contributed by atoms with Gasteiger partial charge in [-0.05, 0) is 30.2 Å². The molecule has 4 nitrogen and oxygen atoms in total. The van der Waals surface area contributed by atoms with Gasteiger partial charge in [-0.2, -0.15) is 13.2 Å². The molecule has 0 N–H and O–H groups in total. The highest BCUT2D eigenvalue weighted by atomic mass is 35.5. The van der Waals surface area contributed by atoms with Gasteiger partial charge < -0.3 is 9.64 Å². The standard InChI is InChI=1S/C22H21ClF3NO3S/c1-13(2)11-30-21(29)18-12-31-20(16-8-3-4-9-17(16)23)27(18)19(28)14-6-5-7-15(10-14)22(24,25)26/h3-10,13,18,20H,11-12H2,1-2H3. The molecule has 1 aliphatic heterocycles.